The Labute approximate surface area is 115 Å². The summed E-state index contributed by atoms with van der Waals surface area (Å²) < 4.78 is 40.9. The molecule has 108 valence electrons. The molecule has 1 unspecified atom stereocenters. The molecule has 1 heterocycles. The Balaban J connectivity index is 1.89. The second-order valence-corrected chi connectivity index (χ2v) is 4.49. The Morgan fingerprint density at radius 3 is 2.55 bits per heavy atom. The molecule has 0 fully saturated rings. The van der Waals surface area contributed by atoms with Gasteiger partial charge in [0.05, 0.1) is 6.33 Å². The fraction of sp³-hybridized carbons (Fsp3) is 0.357. The van der Waals surface area contributed by atoms with Crippen molar-refractivity contribution < 1.29 is 13.2 Å². The molecular formula is C14H16F3N3. The molecule has 6 heteroatoms. The molecule has 20 heavy (non-hydrogen) atoms. The minimum atomic E-state index is -4.30. The maximum Gasteiger partial charge on any atom is 0.407 e. The van der Waals surface area contributed by atoms with Crippen molar-refractivity contribution in [1.29, 1.82) is 0 Å². The van der Waals surface area contributed by atoms with Gasteiger partial charge in [-0.25, -0.2) is 4.98 Å². The van der Waals surface area contributed by atoms with Crippen LogP contribution >= 0.6 is 0 Å². The van der Waals surface area contributed by atoms with Crippen molar-refractivity contribution in [3.8, 4) is 0 Å². The number of hydrogen-bond donors (Lipinski definition) is 1. The predicted molar refractivity (Wildman–Crippen MR) is 70.1 cm³/mol. The van der Waals surface area contributed by atoms with E-state index < -0.39 is 12.2 Å². The molecule has 0 aliphatic heterocycles. The van der Waals surface area contributed by atoms with Crippen LogP contribution in [0.15, 0.2) is 49.1 Å². The van der Waals surface area contributed by atoms with Crippen LogP contribution < -0.4 is 5.32 Å². The summed E-state index contributed by atoms with van der Waals surface area (Å²) in [6.07, 6.45) is 1.40. The lowest BCUT2D eigenvalue weighted by Crippen LogP contribution is -2.35. The van der Waals surface area contributed by atoms with Gasteiger partial charge in [0, 0.05) is 18.9 Å². The number of aromatic nitrogens is 2. The number of alkyl halides is 3. The Bertz CT molecular complexity index is 494. The number of nitrogens with zero attached hydrogens (tertiary/aromatic N) is 2. The number of benzene rings is 1. The Morgan fingerprint density at radius 2 is 1.95 bits per heavy atom. The molecule has 0 aliphatic rings. The van der Waals surface area contributed by atoms with E-state index in [0.717, 1.165) is 0 Å². The lowest BCUT2D eigenvalue weighted by molar-refractivity contribution is -0.157. The van der Waals surface area contributed by atoms with Gasteiger partial charge in [-0.3, -0.25) is 0 Å². The zero-order valence-electron chi connectivity index (χ0n) is 10.8. The predicted octanol–water partition coefficient (Wildman–Crippen LogP) is 3.17. The van der Waals surface area contributed by atoms with Crippen molar-refractivity contribution in [2.75, 3.05) is 6.54 Å². The number of imidazole rings is 1. The van der Waals surface area contributed by atoms with Crippen molar-refractivity contribution in [2.45, 2.75) is 25.2 Å². The molecule has 1 aromatic heterocycles. The lowest BCUT2D eigenvalue weighted by atomic mass is 10.1. The maximum atomic E-state index is 13.0. The molecule has 0 saturated carbocycles. The minimum Gasteiger partial charge on any atom is -0.337 e. The van der Waals surface area contributed by atoms with Crippen LogP contribution in [-0.2, 0) is 6.54 Å². The quantitative estimate of drug-likeness (QED) is 0.825. The fourth-order valence-corrected chi connectivity index (χ4v) is 2.00. The molecule has 0 bridgehead atoms. The third kappa shape index (κ3) is 4.09. The molecular weight excluding hydrogens is 267 g/mol. The van der Waals surface area contributed by atoms with E-state index in [4.69, 9.17) is 0 Å². The summed E-state index contributed by atoms with van der Waals surface area (Å²) in [5.41, 5.74) is 0.239. The molecule has 1 atom stereocenters. The molecule has 2 rings (SSSR count). The van der Waals surface area contributed by atoms with Gasteiger partial charge in [0.15, 0.2) is 0 Å². The summed E-state index contributed by atoms with van der Waals surface area (Å²) in [6, 6.07) is 6.28. The zero-order valence-corrected chi connectivity index (χ0v) is 10.8. The van der Waals surface area contributed by atoms with Crippen molar-refractivity contribution in [1.82, 2.24) is 14.9 Å². The van der Waals surface area contributed by atoms with Gasteiger partial charge in [-0.05, 0) is 18.5 Å². The SMILES string of the molecule is FC(F)(F)C(NCCCn1ccnc1)c1ccccc1. The van der Waals surface area contributed by atoms with E-state index in [1.165, 1.54) is 12.1 Å². The second-order valence-electron chi connectivity index (χ2n) is 4.49. The summed E-state index contributed by atoms with van der Waals surface area (Å²) in [6.45, 7) is 0.934. The van der Waals surface area contributed by atoms with Gasteiger partial charge in [0.1, 0.15) is 6.04 Å². The first-order chi connectivity index (χ1) is 9.57. The summed E-state index contributed by atoms with van der Waals surface area (Å²) in [5, 5.41) is 2.58. The van der Waals surface area contributed by atoms with E-state index >= 15 is 0 Å². The van der Waals surface area contributed by atoms with Crippen molar-refractivity contribution in [3.63, 3.8) is 0 Å². The number of aryl methyl sites for hydroxylation is 1. The molecule has 1 N–H and O–H groups in total. The van der Waals surface area contributed by atoms with Crippen molar-refractivity contribution >= 4 is 0 Å². The summed E-state index contributed by atoms with van der Waals surface area (Å²) >= 11 is 0. The van der Waals surface area contributed by atoms with E-state index in [-0.39, 0.29) is 12.1 Å². The van der Waals surface area contributed by atoms with Crippen molar-refractivity contribution in [2.24, 2.45) is 0 Å². The normalized spacial score (nSPS) is 13.3. The van der Waals surface area contributed by atoms with Gasteiger partial charge in [-0.15, -0.1) is 0 Å². The van der Waals surface area contributed by atoms with Crippen LogP contribution in [0.1, 0.15) is 18.0 Å². The lowest BCUT2D eigenvalue weighted by Gasteiger charge is -2.22. The molecule has 0 radical (unpaired) electrons. The van der Waals surface area contributed by atoms with E-state index in [1.54, 1.807) is 36.9 Å². The first kappa shape index (κ1) is 14.6. The molecule has 2 aromatic rings. The first-order valence-electron chi connectivity index (χ1n) is 6.38. The van der Waals surface area contributed by atoms with E-state index in [1.807, 2.05) is 4.57 Å². The highest BCUT2D eigenvalue weighted by Gasteiger charge is 2.40. The van der Waals surface area contributed by atoms with Gasteiger partial charge in [-0.2, -0.15) is 13.2 Å². The summed E-state index contributed by atoms with van der Waals surface area (Å²) in [5.74, 6) is 0. The molecule has 1 aromatic carbocycles. The maximum absolute atomic E-state index is 13.0. The number of rotatable bonds is 6. The minimum absolute atomic E-state index is 0.239. The third-order valence-corrected chi connectivity index (χ3v) is 2.96. The highest BCUT2D eigenvalue weighted by atomic mass is 19.4. The average molecular weight is 283 g/mol. The monoisotopic (exact) mass is 283 g/mol. The van der Waals surface area contributed by atoms with Gasteiger partial charge in [0.2, 0.25) is 0 Å². The smallest absolute Gasteiger partial charge is 0.337 e. The molecule has 3 nitrogen and oxygen atoms in total. The zero-order chi connectivity index (χ0) is 14.4. The standard InChI is InChI=1S/C14H16F3N3/c15-14(16,17)13(12-5-2-1-3-6-12)19-7-4-9-20-10-8-18-11-20/h1-3,5-6,8,10-11,13,19H,4,7,9H2. The number of hydrogen-bond acceptors (Lipinski definition) is 2. The van der Waals surface area contributed by atoms with Gasteiger partial charge >= 0.3 is 6.18 Å². The Hall–Kier alpha value is -1.82. The van der Waals surface area contributed by atoms with Crippen LogP contribution in [0.2, 0.25) is 0 Å². The molecule has 0 saturated heterocycles. The third-order valence-electron chi connectivity index (χ3n) is 2.96. The van der Waals surface area contributed by atoms with Crippen LogP contribution in [0, 0.1) is 0 Å². The van der Waals surface area contributed by atoms with Gasteiger partial charge in [-0.1, -0.05) is 30.3 Å². The van der Waals surface area contributed by atoms with Crippen LogP contribution in [0.25, 0.3) is 0 Å². The van der Waals surface area contributed by atoms with E-state index in [0.29, 0.717) is 13.0 Å². The second kappa shape index (κ2) is 6.56. The number of halogens is 3. The molecule has 0 amide bonds. The largest absolute Gasteiger partial charge is 0.407 e. The van der Waals surface area contributed by atoms with Gasteiger partial charge < -0.3 is 9.88 Å². The van der Waals surface area contributed by atoms with Crippen LogP contribution in [0.3, 0.4) is 0 Å². The van der Waals surface area contributed by atoms with Crippen LogP contribution in [0.4, 0.5) is 13.2 Å². The Kier molecular flexibility index (Phi) is 4.79. The Morgan fingerprint density at radius 1 is 1.20 bits per heavy atom. The molecule has 0 spiro atoms. The average Bonchev–Trinajstić information content (AvgIpc) is 2.91. The van der Waals surface area contributed by atoms with Crippen molar-refractivity contribution in [3.05, 3.63) is 54.6 Å². The first-order valence-corrected chi connectivity index (χ1v) is 6.38. The summed E-state index contributed by atoms with van der Waals surface area (Å²) in [4.78, 5) is 3.89. The molecule has 0 aliphatic carbocycles. The van der Waals surface area contributed by atoms with E-state index in [9.17, 15) is 13.2 Å². The fourth-order valence-electron chi connectivity index (χ4n) is 2.00. The topological polar surface area (TPSA) is 29.9 Å². The summed E-state index contributed by atoms with van der Waals surface area (Å²) in [7, 11) is 0. The van der Waals surface area contributed by atoms with Crippen LogP contribution in [-0.4, -0.2) is 22.3 Å². The van der Waals surface area contributed by atoms with Crippen LogP contribution in [0.5, 0.6) is 0 Å². The number of nitrogens with one attached hydrogen (secondary N) is 1. The van der Waals surface area contributed by atoms with Gasteiger partial charge in [0.25, 0.3) is 0 Å². The highest BCUT2D eigenvalue weighted by Crippen LogP contribution is 2.32. The van der Waals surface area contributed by atoms with E-state index in [2.05, 4.69) is 10.3 Å². The highest BCUT2D eigenvalue weighted by molar-refractivity contribution is 5.20.